The minimum absolute atomic E-state index is 0. The predicted octanol–water partition coefficient (Wildman–Crippen LogP) is -0.767. The standard InChI is InChI=1S/Hg.In.Sn.Ti. The van der Waals surface area contributed by atoms with E-state index in [1.165, 1.54) is 0 Å². The van der Waals surface area contributed by atoms with Gasteiger partial charge in [-0.1, -0.05) is 0 Å². The molecule has 0 aromatic rings. The van der Waals surface area contributed by atoms with Gasteiger partial charge < -0.3 is 0 Å². The van der Waals surface area contributed by atoms with E-state index in [9.17, 15) is 0 Å². The molecule has 0 fully saturated rings. The second-order valence-electron chi connectivity index (χ2n) is 0. The summed E-state index contributed by atoms with van der Waals surface area (Å²) >= 11 is 0. The third-order valence-electron chi connectivity index (χ3n) is 0. The van der Waals surface area contributed by atoms with Crippen LogP contribution in [-0.2, 0) is 49.4 Å². The summed E-state index contributed by atoms with van der Waals surface area (Å²) in [6.45, 7) is 0. The van der Waals surface area contributed by atoms with Crippen molar-refractivity contribution in [3.05, 3.63) is 0 Å². The molecule has 0 N–H and O–H groups in total. The predicted molar refractivity (Wildman–Crippen MR) is 11.5 cm³/mol. The molecular weight excluding hydrogens is 482 g/mol. The van der Waals surface area contributed by atoms with Crippen molar-refractivity contribution in [1.29, 1.82) is 0 Å². The molecule has 13 valence electrons. The largest absolute Gasteiger partial charge is 0 e. The Morgan fingerprint density at radius 2 is 1.00 bits per heavy atom. The Hall–Kier alpha value is 3.32. The van der Waals surface area contributed by atoms with Gasteiger partial charge in [-0.05, 0) is 0 Å². The molecule has 0 saturated carbocycles. The van der Waals surface area contributed by atoms with E-state index < -0.39 is 0 Å². The van der Waals surface area contributed by atoms with Crippen LogP contribution < -0.4 is 0 Å². The Labute approximate surface area is 97.0 Å². The molecule has 4 heavy (non-hydrogen) atoms. The van der Waals surface area contributed by atoms with Gasteiger partial charge in [0, 0.05) is 99.1 Å². The summed E-state index contributed by atoms with van der Waals surface area (Å²) in [5, 5.41) is 0. The molecule has 7 radical (unpaired) electrons. The molecule has 0 aromatic heterocycles. The van der Waals surface area contributed by atoms with Crippen LogP contribution in [0.1, 0.15) is 0 Å². The van der Waals surface area contributed by atoms with Crippen molar-refractivity contribution in [3.8, 4) is 0 Å². The van der Waals surface area contributed by atoms with E-state index in [0.29, 0.717) is 0 Å². The van der Waals surface area contributed by atoms with Crippen molar-refractivity contribution >= 4 is 49.8 Å². The summed E-state index contributed by atoms with van der Waals surface area (Å²) in [7, 11) is 0. The maximum absolute atomic E-state index is 0. The maximum Gasteiger partial charge on any atom is 0 e. The van der Waals surface area contributed by atoms with Gasteiger partial charge in [-0.3, -0.25) is 0 Å². The van der Waals surface area contributed by atoms with Crippen LogP contribution in [0, 0.1) is 0 Å². The first kappa shape index (κ1) is 26.5. The maximum atomic E-state index is 0. The zero-order chi connectivity index (χ0) is 0. The quantitative estimate of drug-likeness (QED) is 0.399. The van der Waals surface area contributed by atoms with Crippen molar-refractivity contribution in [2.75, 3.05) is 0 Å². The zero-order valence-electron chi connectivity index (χ0n) is 2.28. The Balaban J connectivity index is 0. The third-order valence-corrected chi connectivity index (χ3v) is 0. The van der Waals surface area contributed by atoms with Gasteiger partial charge in [-0.15, -0.1) is 0 Å². The second-order valence-corrected chi connectivity index (χ2v) is 0. The van der Waals surface area contributed by atoms with E-state index in [1.54, 1.807) is 0 Å². The van der Waals surface area contributed by atoms with Crippen LogP contribution in [0.25, 0.3) is 0 Å². The molecule has 0 aliphatic heterocycles. The van der Waals surface area contributed by atoms with Gasteiger partial charge in [0.25, 0.3) is 0 Å². The van der Waals surface area contributed by atoms with Gasteiger partial charge in [-0.2, -0.15) is 0 Å². The number of rotatable bonds is 0. The Morgan fingerprint density at radius 3 is 1.00 bits per heavy atom. The van der Waals surface area contributed by atoms with Crippen molar-refractivity contribution in [2.24, 2.45) is 0 Å². The molecule has 0 atom stereocenters. The fourth-order valence-corrected chi connectivity index (χ4v) is 0. The number of hydrogen-bond acceptors (Lipinski definition) is 0. The average molecular weight is 482 g/mol. The van der Waals surface area contributed by atoms with Crippen LogP contribution >= 0.6 is 0 Å². The summed E-state index contributed by atoms with van der Waals surface area (Å²) < 4.78 is 0. The summed E-state index contributed by atoms with van der Waals surface area (Å²) in [6, 6.07) is 0. The topological polar surface area (TPSA) is 0 Å². The van der Waals surface area contributed by atoms with E-state index in [4.69, 9.17) is 0 Å². The second kappa shape index (κ2) is 16.2. The minimum Gasteiger partial charge on any atom is 0 e. The van der Waals surface area contributed by atoms with Crippen molar-refractivity contribution in [2.45, 2.75) is 0 Å². The van der Waals surface area contributed by atoms with Crippen LogP contribution in [0.15, 0.2) is 0 Å². The molecule has 4 heteroatoms. The van der Waals surface area contributed by atoms with E-state index in [-0.39, 0.29) is 99.1 Å². The molecule has 0 aliphatic rings. The first-order valence-electron chi connectivity index (χ1n) is 0. The van der Waals surface area contributed by atoms with Gasteiger partial charge in [0.2, 0.25) is 0 Å². The van der Waals surface area contributed by atoms with E-state index in [0.717, 1.165) is 0 Å². The SMILES string of the molecule is [Hg].[In].[Sn].[Ti]. The van der Waals surface area contributed by atoms with E-state index in [2.05, 4.69) is 0 Å². The average Bonchev–Trinajstić information content (AvgIpc) is 0. The fourth-order valence-electron chi connectivity index (χ4n) is 0. The Kier molecular flexibility index (Phi) is 108. The van der Waals surface area contributed by atoms with E-state index in [1.807, 2.05) is 0 Å². The molecule has 0 amide bonds. The normalized spacial score (nSPS) is 0. The minimum atomic E-state index is 0. The van der Waals surface area contributed by atoms with Crippen LogP contribution in [-0.4, -0.2) is 49.8 Å². The summed E-state index contributed by atoms with van der Waals surface area (Å²) in [5.41, 5.74) is 0. The number of hydrogen-bond donors (Lipinski definition) is 0. The molecule has 0 aromatic carbocycles. The van der Waals surface area contributed by atoms with Gasteiger partial charge in [0.15, 0.2) is 0 Å². The van der Waals surface area contributed by atoms with Crippen LogP contribution in [0.3, 0.4) is 0 Å². The molecule has 0 spiro atoms. The van der Waals surface area contributed by atoms with Gasteiger partial charge in [-0.25, -0.2) is 0 Å². The molecule has 0 aliphatic carbocycles. The molecule has 0 nitrogen and oxygen atoms in total. The first-order chi connectivity index (χ1) is 0. The zero-order valence-corrected chi connectivity index (χ0v) is 15.5. The summed E-state index contributed by atoms with van der Waals surface area (Å²) in [4.78, 5) is 0. The van der Waals surface area contributed by atoms with Crippen LogP contribution in [0.2, 0.25) is 0 Å². The third kappa shape index (κ3) is 9.01. The molecule has 0 bridgehead atoms. The first-order valence-corrected chi connectivity index (χ1v) is 0. The Morgan fingerprint density at radius 1 is 1.00 bits per heavy atom. The smallest absolute Gasteiger partial charge is 0 e. The molecule has 0 saturated heterocycles. The van der Waals surface area contributed by atoms with Gasteiger partial charge >= 0.3 is 0 Å². The van der Waals surface area contributed by atoms with Gasteiger partial charge in [0.1, 0.15) is 0 Å². The van der Waals surface area contributed by atoms with Crippen molar-refractivity contribution in [3.63, 3.8) is 0 Å². The molecule has 0 rings (SSSR count). The molecular formula is HgInSnTi. The van der Waals surface area contributed by atoms with Crippen LogP contribution in [0.4, 0.5) is 0 Å². The van der Waals surface area contributed by atoms with Crippen molar-refractivity contribution in [1.82, 2.24) is 0 Å². The summed E-state index contributed by atoms with van der Waals surface area (Å²) in [5.74, 6) is 0. The van der Waals surface area contributed by atoms with E-state index >= 15 is 0 Å². The Bertz CT molecular complexity index is 8.00. The van der Waals surface area contributed by atoms with Crippen molar-refractivity contribution < 1.29 is 49.4 Å². The van der Waals surface area contributed by atoms with Crippen LogP contribution in [0.5, 0.6) is 0 Å². The molecule has 0 unspecified atom stereocenters. The fraction of sp³-hybridized carbons (Fsp3) is 0. The monoisotopic (exact) mass is 485 g/mol. The van der Waals surface area contributed by atoms with Gasteiger partial charge in [0.05, 0.1) is 0 Å². The summed E-state index contributed by atoms with van der Waals surface area (Å²) in [6.07, 6.45) is 0. The molecule has 0 heterocycles.